The summed E-state index contributed by atoms with van der Waals surface area (Å²) in [6.07, 6.45) is 0. The number of benzene rings is 10. The minimum absolute atomic E-state index is 0.000425. The van der Waals surface area contributed by atoms with Crippen molar-refractivity contribution < 1.29 is 67.1 Å². The number of nitro groups is 1. The maximum atomic E-state index is 12.3. The number of Topliss-reactive ketones (excluding diaryl/α,β-unsaturated/α-hetero) is 9. The van der Waals surface area contributed by atoms with Gasteiger partial charge in [-0.05, 0) is 97.4 Å². The van der Waals surface area contributed by atoms with E-state index in [-0.39, 0.29) is 95.6 Å². The van der Waals surface area contributed by atoms with Crippen LogP contribution in [0.25, 0.3) is 10.8 Å². The molecule has 0 saturated carbocycles. The second kappa shape index (κ2) is 48.2. The van der Waals surface area contributed by atoms with Gasteiger partial charge >= 0.3 is 5.97 Å². The predicted molar refractivity (Wildman–Crippen MR) is 518 cm³/mol. The van der Waals surface area contributed by atoms with E-state index in [1.165, 1.54) is 42.5 Å². The smallest absolute Gasteiger partial charge is 0.337 e. The summed E-state index contributed by atoms with van der Waals surface area (Å²) in [5, 5.41) is 12.6. The van der Waals surface area contributed by atoms with Gasteiger partial charge in [0.15, 0.2) is 52.0 Å². The number of carbonyl (C=O) groups is 10. The lowest BCUT2D eigenvalue weighted by Gasteiger charge is -2.17. The molecule has 0 unspecified atom stereocenters. The van der Waals surface area contributed by atoms with Crippen LogP contribution >= 0.6 is 15.9 Å². The van der Waals surface area contributed by atoms with Crippen molar-refractivity contribution in [3.8, 4) is 11.5 Å². The number of methoxy groups -OCH3 is 3. The van der Waals surface area contributed by atoms with Crippen LogP contribution < -0.4 is 9.47 Å². The van der Waals surface area contributed by atoms with Crippen LogP contribution in [0.1, 0.15) is 302 Å². The molecule has 10 aromatic rings. The molecule has 0 atom stereocenters. The molecule has 674 valence electrons. The molecule has 10 aromatic carbocycles. The van der Waals surface area contributed by atoms with Gasteiger partial charge in [-0.1, -0.05) is 372 Å². The van der Waals surface area contributed by atoms with Crippen LogP contribution in [-0.2, 0) is 4.74 Å². The average Bonchev–Trinajstić information content (AvgIpc) is 0.797. The highest BCUT2D eigenvalue weighted by atomic mass is 79.9. The molecule has 17 heteroatoms. The van der Waals surface area contributed by atoms with Gasteiger partial charge in [-0.2, -0.15) is 0 Å². The minimum atomic E-state index is -0.481. The lowest BCUT2D eigenvalue weighted by molar-refractivity contribution is -0.384. The van der Waals surface area contributed by atoms with Crippen molar-refractivity contribution in [2.45, 2.75) is 201 Å². The fourth-order valence-corrected chi connectivity index (χ4v) is 11.3. The van der Waals surface area contributed by atoms with E-state index in [0.29, 0.717) is 22.3 Å². The summed E-state index contributed by atoms with van der Waals surface area (Å²) in [6.45, 7) is 55.6. The van der Waals surface area contributed by atoms with Gasteiger partial charge in [0.25, 0.3) is 5.69 Å². The molecule has 0 spiro atoms. The van der Waals surface area contributed by atoms with E-state index in [1.807, 2.05) is 365 Å². The van der Waals surface area contributed by atoms with Gasteiger partial charge in [-0.25, -0.2) is 4.79 Å². The number of rotatable bonds is 13. The highest BCUT2D eigenvalue weighted by molar-refractivity contribution is 9.10. The Hall–Kier alpha value is -11.6. The van der Waals surface area contributed by atoms with Crippen LogP contribution in [0.15, 0.2) is 247 Å². The molecule has 0 fully saturated rings. The standard InChI is InChI=1S/C15H16O.C13H16O3.2C12H16O2.2C12H16O.C11H13BrO.C11H13NO3.C11H14O/c1-15(2,3)14(16)13-10-6-8-11-7-4-5-9-12(11)13;1-13(2,3)11(14)9-6-5-7-10(8-9)12(15)16-4;1-12(2,3)11(13)9-5-7-10(14-4)8-6-9;1-12(2,3)11(13)9-6-5-7-10(8-9)14-4;2*1-9-5-7-10(8-6-9)11(13)12(2,3)4;1-11(2,3)10(13)8-4-6-9(12)7-5-8;1-11(2,3)10(13)8-4-6-9(7-5-8)12(14)15;1-11(2,3)10(12)9-7-5-4-6-8-9/h4-10H,1-3H3;5-8H,1-4H3;2*5-8H,1-4H3;2*5-8H,1-4H3;4-7H,1-3H3;4-7H,1-3H3;4-8H,1-3H3. The van der Waals surface area contributed by atoms with E-state index in [1.54, 1.807) is 68.8 Å². The molecule has 16 nitrogen and oxygen atoms in total. The Balaban J connectivity index is 0.000000481. The van der Waals surface area contributed by atoms with Crippen molar-refractivity contribution in [2.24, 2.45) is 48.7 Å². The van der Waals surface area contributed by atoms with Crippen molar-refractivity contribution >= 4 is 90.4 Å². The molecule has 0 amide bonds. The van der Waals surface area contributed by atoms with Crippen LogP contribution in [0.3, 0.4) is 0 Å². The monoisotopic (exact) mass is 1780 g/mol. The van der Waals surface area contributed by atoms with Crippen LogP contribution in [0, 0.1) is 72.7 Å². The third kappa shape index (κ3) is 38.1. The van der Waals surface area contributed by atoms with Gasteiger partial charge in [0.05, 0.1) is 31.8 Å². The Kier molecular flexibility index (Phi) is 42.3. The van der Waals surface area contributed by atoms with Gasteiger partial charge in [-0.15, -0.1) is 0 Å². The molecule has 0 radical (unpaired) electrons. The molecule has 0 aliphatic carbocycles. The Morgan fingerprint density at radius 1 is 0.270 bits per heavy atom. The molecule has 0 aromatic heterocycles. The van der Waals surface area contributed by atoms with Gasteiger partial charge < -0.3 is 14.2 Å². The summed E-state index contributed by atoms with van der Waals surface area (Å²) in [6, 6.07) is 73.0. The van der Waals surface area contributed by atoms with Crippen LogP contribution in [0.4, 0.5) is 5.69 Å². The fraction of sp³-hybridized carbons (Fsp3) is 0.376. The SMILES string of the molecule is CC(C)(C)C(=O)c1ccc(Br)cc1.CC(C)(C)C(=O)c1ccc([N+](=O)[O-])cc1.CC(C)(C)C(=O)c1cccc2ccccc12.CC(C)(C)C(=O)c1ccccc1.COC(=O)c1cccc(C(=O)C(C)(C)C)c1.COc1ccc(C(=O)C(C)(C)C)cc1.COc1cccc(C(=O)C(C)(C)C)c1.Cc1ccc(C(=O)C(C)(C)C)cc1.Cc1ccc(C(=O)C(C)(C)C)cc1. The first-order valence-corrected chi connectivity index (χ1v) is 42.7. The van der Waals surface area contributed by atoms with E-state index >= 15 is 0 Å². The van der Waals surface area contributed by atoms with Gasteiger partial charge in [-0.3, -0.25) is 53.3 Å². The van der Waals surface area contributed by atoms with E-state index < -0.39 is 21.7 Å². The molecule has 0 N–H and O–H groups in total. The molecular weight excluding hydrogens is 1640 g/mol. The largest absolute Gasteiger partial charge is 0.497 e. The zero-order valence-electron chi connectivity index (χ0n) is 80.5. The van der Waals surface area contributed by atoms with Crippen LogP contribution in [-0.4, -0.2) is 84.3 Å². The van der Waals surface area contributed by atoms with Gasteiger partial charge in [0, 0.05) is 115 Å². The maximum absolute atomic E-state index is 12.3. The molecule has 10 rings (SSSR count). The average molecular weight is 1780 g/mol. The lowest BCUT2D eigenvalue weighted by atomic mass is 9.85. The summed E-state index contributed by atoms with van der Waals surface area (Å²) in [7, 11) is 4.53. The molecule has 126 heavy (non-hydrogen) atoms. The summed E-state index contributed by atoms with van der Waals surface area (Å²) in [4.78, 5) is 128. The number of esters is 1. The number of hydrogen-bond donors (Lipinski definition) is 0. The Bertz CT molecular complexity index is 5100. The molecule has 0 bridgehead atoms. The number of halogens is 1. The lowest BCUT2D eigenvalue weighted by Crippen LogP contribution is -2.20. The highest BCUT2D eigenvalue weighted by Crippen LogP contribution is 2.31. The number of nitrogens with zero attached hydrogens (tertiary/aromatic N) is 1. The number of aryl methyl sites for hydroxylation is 2. The minimum Gasteiger partial charge on any atom is -0.497 e. The van der Waals surface area contributed by atoms with Crippen LogP contribution in [0.5, 0.6) is 11.5 Å². The summed E-state index contributed by atoms with van der Waals surface area (Å²) in [5.74, 6) is 2.33. The molecule has 0 aliphatic heterocycles. The van der Waals surface area contributed by atoms with Crippen LogP contribution in [0.2, 0.25) is 0 Å². The van der Waals surface area contributed by atoms with E-state index in [4.69, 9.17) is 9.47 Å². The zero-order valence-corrected chi connectivity index (χ0v) is 82.1. The Morgan fingerprint density at radius 2 is 0.532 bits per heavy atom. The first-order valence-electron chi connectivity index (χ1n) is 41.9. The van der Waals surface area contributed by atoms with E-state index in [9.17, 15) is 58.1 Å². The van der Waals surface area contributed by atoms with E-state index in [2.05, 4.69) is 20.7 Å². The number of ketones is 9. The van der Waals surface area contributed by atoms with Gasteiger partial charge in [0.1, 0.15) is 11.5 Å². The van der Waals surface area contributed by atoms with Crippen molar-refractivity contribution in [1.82, 2.24) is 0 Å². The van der Waals surface area contributed by atoms with Crippen molar-refractivity contribution in [3.05, 3.63) is 324 Å². The number of hydrogen-bond acceptors (Lipinski definition) is 15. The maximum Gasteiger partial charge on any atom is 0.337 e. The number of non-ortho nitro benzene ring substituents is 1. The van der Waals surface area contributed by atoms with E-state index in [0.717, 1.165) is 60.1 Å². The molecule has 0 heterocycles. The zero-order chi connectivity index (χ0) is 96.6. The third-order valence-corrected chi connectivity index (χ3v) is 19.0. The summed E-state index contributed by atoms with van der Waals surface area (Å²) in [5.41, 5.74) is 6.21. The molecular formula is C109H136BrNO15. The Labute approximate surface area is 759 Å². The fourth-order valence-electron chi connectivity index (χ4n) is 11.0. The summed E-state index contributed by atoms with van der Waals surface area (Å²) >= 11 is 3.33. The second-order valence-corrected chi connectivity index (χ2v) is 40.6. The second-order valence-electron chi connectivity index (χ2n) is 39.7. The number of ether oxygens (including phenoxy) is 3. The quantitative estimate of drug-likeness (QED) is 0.0451. The Morgan fingerprint density at radius 3 is 0.865 bits per heavy atom. The first kappa shape index (κ1) is 111. The molecule has 0 saturated heterocycles. The highest BCUT2D eigenvalue weighted by Gasteiger charge is 2.30. The third-order valence-electron chi connectivity index (χ3n) is 18.5. The number of nitro benzene ring substituents is 1. The van der Waals surface area contributed by atoms with Crippen molar-refractivity contribution in [1.29, 1.82) is 0 Å². The predicted octanol–water partition coefficient (Wildman–Crippen LogP) is 28.5. The number of carbonyl (C=O) groups excluding carboxylic acids is 10. The van der Waals surface area contributed by atoms with Crippen molar-refractivity contribution in [2.75, 3.05) is 21.3 Å². The topological polar surface area (TPSA) is 242 Å². The normalized spacial score (nSPS) is 11.3. The van der Waals surface area contributed by atoms with Gasteiger partial charge in [0.2, 0.25) is 0 Å². The first-order chi connectivity index (χ1) is 57.8. The van der Waals surface area contributed by atoms with Crippen molar-refractivity contribution in [3.63, 3.8) is 0 Å². The molecule has 0 aliphatic rings. The summed E-state index contributed by atoms with van der Waals surface area (Å²) < 4.78 is 15.7. The number of fused-ring (bicyclic) bond motifs is 1.